The lowest BCUT2D eigenvalue weighted by molar-refractivity contribution is -0.385. The maximum absolute atomic E-state index is 12.5. The van der Waals surface area contributed by atoms with E-state index in [4.69, 9.17) is 4.74 Å². The highest BCUT2D eigenvalue weighted by Gasteiger charge is 2.30. The van der Waals surface area contributed by atoms with E-state index < -0.39 is 16.7 Å². The topological polar surface area (TPSA) is 52.4 Å². The van der Waals surface area contributed by atoms with Gasteiger partial charge in [-0.25, -0.2) is 0 Å². The molecule has 0 N–H and O–H groups in total. The van der Waals surface area contributed by atoms with Gasteiger partial charge in [0.1, 0.15) is 11.5 Å². The van der Waals surface area contributed by atoms with E-state index in [1.807, 2.05) is 0 Å². The third-order valence-corrected chi connectivity index (χ3v) is 3.18. The molecule has 0 aliphatic heterocycles. The van der Waals surface area contributed by atoms with Gasteiger partial charge in [0.25, 0.3) is 5.69 Å². The summed E-state index contributed by atoms with van der Waals surface area (Å²) in [6.07, 6.45) is -4.41. The van der Waals surface area contributed by atoms with Crippen molar-refractivity contribution in [2.45, 2.75) is 11.9 Å². The van der Waals surface area contributed by atoms with Crippen molar-refractivity contribution < 1.29 is 22.8 Å². The van der Waals surface area contributed by atoms with E-state index in [0.717, 1.165) is 12.1 Å². The summed E-state index contributed by atoms with van der Waals surface area (Å²) in [5.74, 6) is 0.627. The summed E-state index contributed by atoms with van der Waals surface area (Å²) in [6, 6.07) is 8.26. The number of benzene rings is 2. The number of thiol groups is 1. The lowest BCUT2D eigenvalue weighted by atomic mass is 10.2. The molecule has 0 spiro atoms. The Hall–Kier alpha value is -2.22. The molecule has 0 fully saturated rings. The molecule has 0 saturated heterocycles. The Morgan fingerprint density at radius 2 is 1.68 bits per heavy atom. The average Bonchev–Trinajstić information content (AvgIpc) is 2.46. The molecule has 0 unspecified atom stereocenters. The van der Waals surface area contributed by atoms with Crippen LogP contribution in [-0.4, -0.2) is 4.92 Å². The summed E-state index contributed by atoms with van der Waals surface area (Å²) < 4.78 is 42.8. The Bertz CT molecular complexity index is 687. The molecule has 22 heavy (non-hydrogen) atoms. The maximum atomic E-state index is 12.5. The first-order valence-electron chi connectivity index (χ1n) is 6.04. The van der Waals surface area contributed by atoms with E-state index in [9.17, 15) is 23.3 Å². The molecule has 2 aromatic rings. The Morgan fingerprint density at radius 3 is 2.18 bits per heavy atom. The van der Waals surface area contributed by atoms with Crippen LogP contribution in [0.2, 0.25) is 0 Å². The van der Waals surface area contributed by atoms with Crippen LogP contribution >= 0.6 is 12.6 Å². The number of hydrogen-bond donors (Lipinski definition) is 1. The van der Waals surface area contributed by atoms with Crippen molar-refractivity contribution in [1.82, 2.24) is 0 Å². The number of nitro groups is 1. The SMILES string of the molecule is O=[N+]([O-])c1ccc(Oc2ccc(C(F)(F)F)cc2)cc1CS. The van der Waals surface area contributed by atoms with Crippen LogP contribution in [-0.2, 0) is 11.9 Å². The summed E-state index contributed by atoms with van der Waals surface area (Å²) in [5.41, 5.74) is -0.507. The molecule has 0 radical (unpaired) electrons. The molecule has 0 aliphatic rings. The van der Waals surface area contributed by atoms with E-state index >= 15 is 0 Å². The highest BCUT2D eigenvalue weighted by molar-refractivity contribution is 7.79. The Balaban J connectivity index is 2.22. The van der Waals surface area contributed by atoms with E-state index in [0.29, 0.717) is 5.56 Å². The molecule has 8 heteroatoms. The first-order valence-corrected chi connectivity index (χ1v) is 6.68. The van der Waals surface area contributed by atoms with Gasteiger partial charge in [-0.05, 0) is 36.4 Å². The van der Waals surface area contributed by atoms with Gasteiger partial charge >= 0.3 is 6.18 Å². The minimum atomic E-state index is -4.41. The molecule has 2 rings (SSSR count). The van der Waals surface area contributed by atoms with Crippen molar-refractivity contribution in [2.75, 3.05) is 0 Å². The third-order valence-electron chi connectivity index (χ3n) is 2.84. The number of hydrogen-bond acceptors (Lipinski definition) is 4. The lowest BCUT2D eigenvalue weighted by Gasteiger charge is -2.09. The molecule has 0 aromatic heterocycles. The molecular formula is C14H10F3NO3S. The third kappa shape index (κ3) is 3.70. The number of nitrogens with zero attached hydrogens (tertiary/aromatic N) is 1. The van der Waals surface area contributed by atoms with Gasteiger partial charge in [0.15, 0.2) is 0 Å². The van der Waals surface area contributed by atoms with E-state index in [2.05, 4.69) is 12.6 Å². The monoisotopic (exact) mass is 329 g/mol. The molecule has 0 saturated carbocycles. The van der Waals surface area contributed by atoms with Gasteiger partial charge in [0, 0.05) is 17.4 Å². The lowest BCUT2D eigenvalue weighted by Crippen LogP contribution is -2.04. The van der Waals surface area contributed by atoms with Crippen molar-refractivity contribution >= 4 is 18.3 Å². The smallest absolute Gasteiger partial charge is 0.416 e. The van der Waals surface area contributed by atoms with Crippen LogP contribution < -0.4 is 4.74 Å². The molecule has 0 aliphatic carbocycles. The minimum absolute atomic E-state index is 0.0882. The van der Waals surface area contributed by atoms with Gasteiger partial charge in [-0.3, -0.25) is 10.1 Å². The highest BCUT2D eigenvalue weighted by Crippen LogP contribution is 2.32. The number of rotatable bonds is 4. The van der Waals surface area contributed by atoms with Crippen molar-refractivity contribution in [3.05, 3.63) is 63.7 Å². The first-order chi connectivity index (χ1) is 10.3. The van der Waals surface area contributed by atoms with E-state index in [1.54, 1.807) is 0 Å². The summed E-state index contributed by atoms with van der Waals surface area (Å²) in [5, 5.41) is 10.8. The van der Waals surface area contributed by atoms with Gasteiger partial charge in [-0.1, -0.05) is 0 Å². The summed E-state index contributed by atoms with van der Waals surface area (Å²) >= 11 is 4.01. The highest BCUT2D eigenvalue weighted by atomic mass is 32.1. The summed E-state index contributed by atoms with van der Waals surface area (Å²) in [6.45, 7) is 0. The van der Waals surface area contributed by atoms with Crippen LogP contribution in [0.25, 0.3) is 0 Å². The minimum Gasteiger partial charge on any atom is -0.457 e. The quantitative estimate of drug-likeness (QED) is 0.496. The average molecular weight is 329 g/mol. The zero-order chi connectivity index (χ0) is 16.3. The van der Waals surface area contributed by atoms with Gasteiger partial charge in [0.05, 0.1) is 10.5 Å². The predicted octanol–water partition coefficient (Wildman–Crippen LogP) is 4.84. The number of ether oxygens (including phenoxy) is 1. The first kappa shape index (κ1) is 16.2. The van der Waals surface area contributed by atoms with Gasteiger partial charge in [0.2, 0.25) is 0 Å². The fourth-order valence-corrected chi connectivity index (χ4v) is 2.03. The number of alkyl halides is 3. The molecule has 0 heterocycles. The van der Waals surface area contributed by atoms with Gasteiger partial charge < -0.3 is 4.74 Å². The van der Waals surface area contributed by atoms with Gasteiger partial charge in [-0.15, -0.1) is 0 Å². The Morgan fingerprint density at radius 1 is 1.09 bits per heavy atom. The van der Waals surface area contributed by atoms with Crippen molar-refractivity contribution in [3.8, 4) is 11.5 Å². The molecule has 0 atom stereocenters. The second-order valence-corrected chi connectivity index (χ2v) is 4.65. The zero-order valence-corrected chi connectivity index (χ0v) is 11.9. The fraction of sp³-hybridized carbons (Fsp3) is 0.143. The summed E-state index contributed by atoms with van der Waals surface area (Å²) in [4.78, 5) is 10.3. The van der Waals surface area contributed by atoms with E-state index in [-0.39, 0.29) is 22.9 Å². The molecular weight excluding hydrogens is 319 g/mol. The molecule has 2 aromatic carbocycles. The molecule has 0 bridgehead atoms. The van der Waals surface area contributed by atoms with Crippen molar-refractivity contribution in [3.63, 3.8) is 0 Å². The second-order valence-electron chi connectivity index (χ2n) is 4.33. The Labute approximate surface area is 129 Å². The zero-order valence-electron chi connectivity index (χ0n) is 11.0. The van der Waals surface area contributed by atoms with Crippen molar-refractivity contribution in [1.29, 1.82) is 0 Å². The van der Waals surface area contributed by atoms with Crippen LogP contribution in [0.3, 0.4) is 0 Å². The van der Waals surface area contributed by atoms with E-state index in [1.165, 1.54) is 30.3 Å². The maximum Gasteiger partial charge on any atom is 0.416 e. The Kier molecular flexibility index (Phi) is 4.60. The summed E-state index contributed by atoms with van der Waals surface area (Å²) in [7, 11) is 0. The second kappa shape index (κ2) is 6.27. The standard InChI is InChI=1S/C14H10F3NO3S/c15-14(16,17)10-1-3-11(4-2-10)21-12-5-6-13(18(19)20)9(7-12)8-22/h1-7,22H,8H2. The number of nitro benzene ring substituents is 1. The fourth-order valence-electron chi connectivity index (χ4n) is 1.78. The predicted molar refractivity (Wildman–Crippen MR) is 77.3 cm³/mol. The molecule has 116 valence electrons. The van der Waals surface area contributed by atoms with Crippen LogP contribution in [0.1, 0.15) is 11.1 Å². The van der Waals surface area contributed by atoms with Crippen LogP contribution in [0, 0.1) is 10.1 Å². The van der Waals surface area contributed by atoms with Crippen molar-refractivity contribution in [2.24, 2.45) is 0 Å². The molecule has 4 nitrogen and oxygen atoms in total. The van der Waals surface area contributed by atoms with Gasteiger partial charge in [-0.2, -0.15) is 25.8 Å². The van der Waals surface area contributed by atoms with Crippen LogP contribution in [0.5, 0.6) is 11.5 Å². The largest absolute Gasteiger partial charge is 0.457 e. The van der Waals surface area contributed by atoms with Crippen LogP contribution in [0.4, 0.5) is 18.9 Å². The number of halogens is 3. The van der Waals surface area contributed by atoms with Crippen LogP contribution in [0.15, 0.2) is 42.5 Å². The molecule has 0 amide bonds. The normalized spacial score (nSPS) is 11.3.